The van der Waals surface area contributed by atoms with Crippen molar-refractivity contribution in [2.24, 2.45) is 0 Å². The molecule has 10 heavy (non-hydrogen) atoms. The fraction of sp³-hybridized carbons (Fsp3) is 0.667. The first-order chi connectivity index (χ1) is 4.81. The smallest absolute Gasteiger partial charge is 0.230 e. The van der Waals surface area contributed by atoms with Crippen molar-refractivity contribution in [3.05, 3.63) is 0 Å². The molecule has 0 saturated heterocycles. The number of rotatable bonds is 4. The highest BCUT2D eigenvalue weighted by molar-refractivity contribution is 9.09. The molecule has 0 spiro atoms. The lowest BCUT2D eigenvalue weighted by molar-refractivity contribution is -0.118. The molecule has 1 amide bonds. The van der Waals surface area contributed by atoms with Gasteiger partial charge in [-0.1, -0.05) is 15.9 Å². The van der Waals surface area contributed by atoms with Crippen LogP contribution in [-0.2, 0) is 4.79 Å². The van der Waals surface area contributed by atoms with Gasteiger partial charge in [-0.25, -0.2) is 0 Å². The van der Waals surface area contributed by atoms with Crippen LogP contribution >= 0.6 is 15.9 Å². The fourth-order valence-electron chi connectivity index (χ4n) is 0.442. The summed E-state index contributed by atoms with van der Waals surface area (Å²) < 4.78 is 0. The van der Waals surface area contributed by atoms with Crippen LogP contribution in [0.2, 0.25) is 0 Å². The van der Waals surface area contributed by atoms with E-state index in [9.17, 15) is 4.79 Å². The van der Waals surface area contributed by atoms with E-state index in [0.29, 0.717) is 18.3 Å². The molecule has 0 bridgehead atoms. The zero-order chi connectivity index (χ0) is 7.82. The Morgan fingerprint density at radius 3 is 2.90 bits per heavy atom. The summed E-state index contributed by atoms with van der Waals surface area (Å²) in [4.78, 5) is 10.5. The van der Waals surface area contributed by atoms with Crippen LogP contribution in [-0.4, -0.2) is 17.8 Å². The molecule has 4 heteroatoms. The van der Waals surface area contributed by atoms with Crippen LogP contribution in [0.15, 0.2) is 0 Å². The molecule has 0 saturated carbocycles. The van der Waals surface area contributed by atoms with Crippen molar-refractivity contribution in [2.75, 3.05) is 11.9 Å². The van der Waals surface area contributed by atoms with E-state index in [1.54, 1.807) is 0 Å². The van der Waals surface area contributed by atoms with E-state index in [1.165, 1.54) is 0 Å². The predicted octanol–water partition coefficient (Wildman–Crippen LogP) is 0.801. The predicted molar refractivity (Wildman–Crippen MR) is 41.7 cm³/mol. The first kappa shape index (κ1) is 9.44. The lowest BCUT2D eigenvalue weighted by Gasteiger charge is -1.98. The van der Waals surface area contributed by atoms with E-state index in [-0.39, 0.29) is 5.91 Å². The van der Waals surface area contributed by atoms with Gasteiger partial charge in [-0.15, -0.1) is 0 Å². The third-order valence-corrected chi connectivity index (χ3v) is 1.42. The van der Waals surface area contributed by atoms with Crippen LogP contribution in [0.1, 0.15) is 12.8 Å². The average molecular weight is 205 g/mol. The van der Waals surface area contributed by atoms with E-state index < -0.39 is 0 Å². The normalized spacial score (nSPS) is 8.40. The third kappa shape index (κ3) is 5.57. The van der Waals surface area contributed by atoms with Crippen LogP contribution in [0.25, 0.3) is 0 Å². The Kier molecular flexibility index (Phi) is 6.19. The number of hydrogen-bond donors (Lipinski definition) is 1. The molecule has 0 rings (SSSR count). The fourth-order valence-corrected chi connectivity index (χ4v) is 0.641. The lowest BCUT2D eigenvalue weighted by atomic mass is 10.3. The maximum Gasteiger partial charge on any atom is 0.230 e. The van der Waals surface area contributed by atoms with Gasteiger partial charge in [-0.2, -0.15) is 5.26 Å². The van der Waals surface area contributed by atoms with Gasteiger partial charge in [0.25, 0.3) is 0 Å². The second-order valence-electron chi connectivity index (χ2n) is 1.75. The first-order valence-corrected chi connectivity index (χ1v) is 4.13. The Morgan fingerprint density at radius 1 is 1.70 bits per heavy atom. The number of halogens is 1. The minimum Gasteiger partial charge on any atom is -0.355 e. The quantitative estimate of drug-likeness (QED) is 0.545. The van der Waals surface area contributed by atoms with Crippen LogP contribution in [0, 0.1) is 11.3 Å². The van der Waals surface area contributed by atoms with Gasteiger partial charge in [0.2, 0.25) is 5.91 Å². The Balaban J connectivity index is 3.05. The molecule has 0 aromatic carbocycles. The summed E-state index contributed by atoms with van der Waals surface area (Å²) in [6.07, 6.45) is 1.23. The van der Waals surface area contributed by atoms with Crippen LogP contribution in [0.4, 0.5) is 0 Å². The number of nitriles is 1. The molecule has 0 aliphatic rings. The third-order valence-electron chi connectivity index (χ3n) is 0.909. The van der Waals surface area contributed by atoms with Gasteiger partial charge < -0.3 is 5.32 Å². The van der Waals surface area contributed by atoms with Crippen molar-refractivity contribution in [1.29, 1.82) is 5.26 Å². The SMILES string of the molecule is N#CCCCNC(=O)CBr. The molecule has 0 atom stereocenters. The Hall–Kier alpha value is -0.560. The average Bonchev–Trinajstić information content (AvgIpc) is 1.98. The zero-order valence-electron chi connectivity index (χ0n) is 5.56. The van der Waals surface area contributed by atoms with Gasteiger partial charge in [-0.3, -0.25) is 4.79 Å². The van der Waals surface area contributed by atoms with Crippen molar-refractivity contribution in [1.82, 2.24) is 5.32 Å². The van der Waals surface area contributed by atoms with Crippen molar-refractivity contribution < 1.29 is 4.79 Å². The largest absolute Gasteiger partial charge is 0.355 e. The lowest BCUT2D eigenvalue weighted by Crippen LogP contribution is -2.24. The number of hydrogen-bond acceptors (Lipinski definition) is 2. The van der Waals surface area contributed by atoms with E-state index in [1.807, 2.05) is 6.07 Å². The molecule has 3 nitrogen and oxygen atoms in total. The second-order valence-corrected chi connectivity index (χ2v) is 2.31. The molecule has 0 aromatic heterocycles. The summed E-state index contributed by atoms with van der Waals surface area (Å²) in [6.45, 7) is 0.595. The molecular weight excluding hydrogens is 196 g/mol. The van der Waals surface area contributed by atoms with Gasteiger partial charge in [0.05, 0.1) is 11.4 Å². The minimum absolute atomic E-state index is 0.0297. The molecule has 0 heterocycles. The number of carbonyl (C=O) groups is 1. The molecule has 0 fully saturated rings. The second kappa shape index (κ2) is 6.56. The Morgan fingerprint density at radius 2 is 2.40 bits per heavy atom. The summed E-state index contributed by atoms with van der Waals surface area (Å²) in [5.74, 6) is -0.0297. The molecule has 1 N–H and O–H groups in total. The highest BCUT2D eigenvalue weighted by Gasteiger charge is 1.94. The van der Waals surface area contributed by atoms with Crippen LogP contribution in [0.3, 0.4) is 0 Å². The van der Waals surface area contributed by atoms with Crippen LogP contribution in [0.5, 0.6) is 0 Å². The Bertz CT molecular complexity index is 141. The molecule has 0 aliphatic heterocycles. The minimum atomic E-state index is -0.0297. The summed E-state index contributed by atoms with van der Waals surface area (Å²) >= 11 is 3.01. The van der Waals surface area contributed by atoms with Gasteiger partial charge in [0, 0.05) is 13.0 Å². The highest BCUT2D eigenvalue weighted by Crippen LogP contribution is 1.84. The topological polar surface area (TPSA) is 52.9 Å². The number of amides is 1. The molecule has 0 unspecified atom stereocenters. The Labute approximate surface area is 68.5 Å². The number of unbranched alkanes of at least 4 members (excludes halogenated alkanes) is 1. The number of alkyl halides is 1. The summed E-state index contributed by atoms with van der Waals surface area (Å²) in [5.41, 5.74) is 0. The van der Waals surface area contributed by atoms with E-state index in [2.05, 4.69) is 21.2 Å². The molecular formula is C6H9BrN2O. The van der Waals surface area contributed by atoms with E-state index in [4.69, 9.17) is 5.26 Å². The van der Waals surface area contributed by atoms with Crippen molar-refractivity contribution in [2.45, 2.75) is 12.8 Å². The number of nitrogens with one attached hydrogen (secondary N) is 1. The van der Waals surface area contributed by atoms with Gasteiger partial charge in [-0.05, 0) is 6.42 Å². The van der Waals surface area contributed by atoms with Gasteiger partial charge in [0.1, 0.15) is 0 Å². The number of carbonyl (C=O) groups excluding carboxylic acids is 1. The standard InChI is InChI=1S/C6H9BrN2O/c7-5-6(10)9-4-2-1-3-8/h1-2,4-5H2,(H,9,10). The first-order valence-electron chi connectivity index (χ1n) is 3.01. The maximum atomic E-state index is 10.5. The monoisotopic (exact) mass is 204 g/mol. The number of nitrogens with zero attached hydrogens (tertiary/aromatic N) is 1. The van der Waals surface area contributed by atoms with Gasteiger partial charge in [0.15, 0.2) is 0 Å². The maximum absolute atomic E-state index is 10.5. The highest BCUT2D eigenvalue weighted by atomic mass is 79.9. The summed E-state index contributed by atoms with van der Waals surface area (Å²) in [7, 11) is 0. The van der Waals surface area contributed by atoms with Crippen LogP contribution < -0.4 is 5.32 Å². The van der Waals surface area contributed by atoms with Crippen molar-refractivity contribution >= 4 is 21.8 Å². The van der Waals surface area contributed by atoms with E-state index >= 15 is 0 Å². The summed E-state index contributed by atoms with van der Waals surface area (Å²) in [5, 5.41) is 11.1. The van der Waals surface area contributed by atoms with Crippen molar-refractivity contribution in [3.63, 3.8) is 0 Å². The molecule has 0 aromatic rings. The van der Waals surface area contributed by atoms with Crippen molar-refractivity contribution in [3.8, 4) is 6.07 Å². The molecule has 0 aliphatic carbocycles. The zero-order valence-corrected chi connectivity index (χ0v) is 7.15. The molecule has 0 radical (unpaired) electrons. The van der Waals surface area contributed by atoms with Gasteiger partial charge >= 0.3 is 0 Å². The summed E-state index contributed by atoms with van der Waals surface area (Å²) in [6, 6.07) is 2.00. The molecule has 56 valence electrons. The van der Waals surface area contributed by atoms with E-state index in [0.717, 1.165) is 6.42 Å².